The van der Waals surface area contributed by atoms with E-state index in [1.807, 2.05) is 0 Å². The summed E-state index contributed by atoms with van der Waals surface area (Å²) in [5.41, 5.74) is 7.61. The molecule has 0 radical (unpaired) electrons. The zero-order valence-electron chi connectivity index (χ0n) is 11.3. The van der Waals surface area contributed by atoms with Crippen molar-refractivity contribution in [2.24, 2.45) is 0 Å². The number of amides is 1. The summed E-state index contributed by atoms with van der Waals surface area (Å²) in [6, 6.07) is 9.72. The minimum absolute atomic E-state index is 0.306. The van der Waals surface area contributed by atoms with E-state index >= 15 is 0 Å². The lowest BCUT2D eigenvalue weighted by atomic mass is 10.1. The molecule has 5 nitrogen and oxygen atoms in total. The maximum Gasteiger partial charge on any atom is 0.255 e. The van der Waals surface area contributed by atoms with E-state index < -0.39 is 0 Å². The van der Waals surface area contributed by atoms with Crippen LogP contribution in [-0.4, -0.2) is 19.2 Å². The van der Waals surface area contributed by atoms with Gasteiger partial charge in [0.15, 0.2) is 0 Å². The highest BCUT2D eigenvalue weighted by atomic mass is 35.5. The van der Waals surface area contributed by atoms with Crippen molar-refractivity contribution in [3.05, 3.63) is 52.5 Å². The van der Waals surface area contributed by atoms with Crippen LogP contribution in [0, 0.1) is 5.41 Å². The van der Waals surface area contributed by atoms with Crippen LogP contribution in [0.15, 0.2) is 36.4 Å². The van der Waals surface area contributed by atoms with Crippen molar-refractivity contribution in [1.82, 2.24) is 0 Å². The van der Waals surface area contributed by atoms with Crippen LogP contribution in [0.3, 0.4) is 0 Å². The van der Waals surface area contributed by atoms with Crippen molar-refractivity contribution in [2.45, 2.75) is 0 Å². The van der Waals surface area contributed by atoms with Gasteiger partial charge in [0.1, 0.15) is 5.75 Å². The summed E-state index contributed by atoms with van der Waals surface area (Å²) in [6.45, 7) is 0. The Balaban J connectivity index is 2.21. The minimum Gasteiger partial charge on any atom is -0.495 e. The first-order valence-corrected chi connectivity index (χ1v) is 6.48. The number of nitrogens with two attached hydrogens (primary N) is 1. The van der Waals surface area contributed by atoms with Gasteiger partial charge in [-0.1, -0.05) is 11.6 Å². The quantitative estimate of drug-likeness (QED) is 0.598. The molecule has 1 amide bonds. The molecule has 6 heteroatoms. The van der Waals surface area contributed by atoms with Crippen LogP contribution < -0.4 is 15.8 Å². The summed E-state index contributed by atoms with van der Waals surface area (Å²) in [5, 5.41) is 10.4. The Labute approximate surface area is 127 Å². The highest BCUT2D eigenvalue weighted by Gasteiger charge is 2.09. The molecule has 0 unspecified atom stereocenters. The fourth-order valence-electron chi connectivity index (χ4n) is 1.79. The normalized spacial score (nSPS) is 10.0. The van der Waals surface area contributed by atoms with E-state index in [0.717, 1.165) is 6.21 Å². The maximum atomic E-state index is 12.2. The third kappa shape index (κ3) is 3.32. The molecule has 21 heavy (non-hydrogen) atoms. The third-order valence-corrected chi connectivity index (χ3v) is 3.21. The zero-order valence-corrected chi connectivity index (χ0v) is 12.1. The fraction of sp³-hybridized carbons (Fsp3) is 0.0667. The predicted octanol–water partition coefficient (Wildman–Crippen LogP) is 3.18. The number of benzene rings is 2. The Morgan fingerprint density at radius 3 is 2.71 bits per heavy atom. The monoisotopic (exact) mass is 303 g/mol. The SMILES string of the molecule is COc1ccc(NC(=O)c2ccc(N)c(C=N)c2)cc1Cl. The number of nitrogens with one attached hydrogen (secondary N) is 2. The standard InChI is InChI=1S/C15H14ClN3O2/c1-21-14-5-3-11(7-12(14)16)19-15(20)9-2-4-13(18)10(6-9)8-17/h2-8,17H,18H2,1H3,(H,19,20). The van der Waals surface area contributed by atoms with E-state index in [4.69, 9.17) is 27.5 Å². The van der Waals surface area contributed by atoms with Gasteiger partial charge in [-0.15, -0.1) is 0 Å². The lowest BCUT2D eigenvalue weighted by Gasteiger charge is -2.09. The van der Waals surface area contributed by atoms with Crippen LogP contribution in [0.25, 0.3) is 0 Å². The van der Waals surface area contributed by atoms with Crippen molar-refractivity contribution in [3.63, 3.8) is 0 Å². The summed E-state index contributed by atoms with van der Waals surface area (Å²) in [5.74, 6) is 0.229. The minimum atomic E-state index is -0.306. The second-order valence-electron chi connectivity index (χ2n) is 4.29. The molecule has 0 saturated heterocycles. The summed E-state index contributed by atoms with van der Waals surface area (Å²) < 4.78 is 5.05. The molecule has 0 saturated carbocycles. The van der Waals surface area contributed by atoms with E-state index in [1.54, 1.807) is 36.4 Å². The fourth-order valence-corrected chi connectivity index (χ4v) is 2.05. The molecule has 0 aromatic heterocycles. The first kappa shape index (κ1) is 14.9. The number of nitrogen functional groups attached to an aromatic ring is 1. The molecule has 0 spiro atoms. The molecular weight excluding hydrogens is 290 g/mol. The first-order valence-electron chi connectivity index (χ1n) is 6.10. The van der Waals surface area contributed by atoms with Crippen molar-refractivity contribution in [2.75, 3.05) is 18.2 Å². The molecule has 2 rings (SSSR count). The molecule has 0 atom stereocenters. The Morgan fingerprint density at radius 2 is 2.10 bits per heavy atom. The van der Waals surface area contributed by atoms with Gasteiger partial charge in [-0.25, -0.2) is 0 Å². The number of hydrogen-bond acceptors (Lipinski definition) is 4. The van der Waals surface area contributed by atoms with Crippen LogP contribution in [0.2, 0.25) is 5.02 Å². The molecule has 4 N–H and O–H groups in total. The Hall–Kier alpha value is -2.53. The smallest absolute Gasteiger partial charge is 0.255 e. The largest absolute Gasteiger partial charge is 0.495 e. The third-order valence-electron chi connectivity index (χ3n) is 2.91. The lowest BCUT2D eigenvalue weighted by molar-refractivity contribution is 0.102. The summed E-state index contributed by atoms with van der Waals surface area (Å²) in [7, 11) is 1.52. The van der Waals surface area contributed by atoms with Gasteiger partial charge in [-0.3, -0.25) is 4.79 Å². The molecule has 2 aromatic carbocycles. The molecule has 108 valence electrons. The molecule has 0 aliphatic rings. The number of carbonyl (C=O) groups excluding carboxylic acids is 1. The van der Waals surface area contributed by atoms with Crippen LogP contribution in [-0.2, 0) is 0 Å². The van der Waals surface area contributed by atoms with Gasteiger partial charge >= 0.3 is 0 Å². The first-order chi connectivity index (χ1) is 10.0. The number of carbonyl (C=O) groups is 1. The van der Waals surface area contributed by atoms with Crippen LogP contribution >= 0.6 is 11.6 Å². The van der Waals surface area contributed by atoms with E-state index in [1.165, 1.54) is 7.11 Å². The highest BCUT2D eigenvalue weighted by molar-refractivity contribution is 6.32. The zero-order chi connectivity index (χ0) is 15.4. The van der Waals surface area contributed by atoms with E-state index in [9.17, 15) is 4.79 Å². The Morgan fingerprint density at radius 1 is 1.33 bits per heavy atom. The van der Waals surface area contributed by atoms with Crippen LogP contribution in [0.1, 0.15) is 15.9 Å². The number of methoxy groups -OCH3 is 1. The number of ether oxygens (including phenoxy) is 1. The van der Waals surface area contributed by atoms with Gasteiger partial charge in [0.2, 0.25) is 0 Å². The van der Waals surface area contributed by atoms with Gasteiger partial charge in [0.05, 0.1) is 12.1 Å². The predicted molar refractivity (Wildman–Crippen MR) is 84.7 cm³/mol. The maximum absolute atomic E-state index is 12.2. The highest BCUT2D eigenvalue weighted by Crippen LogP contribution is 2.27. The van der Waals surface area contributed by atoms with Crippen molar-refractivity contribution in [1.29, 1.82) is 5.41 Å². The Kier molecular flexibility index (Phi) is 4.45. The second-order valence-corrected chi connectivity index (χ2v) is 4.70. The van der Waals surface area contributed by atoms with Crippen molar-refractivity contribution >= 4 is 35.1 Å². The van der Waals surface area contributed by atoms with Crippen molar-refractivity contribution < 1.29 is 9.53 Å². The van der Waals surface area contributed by atoms with E-state index in [-0.39, 0.29) is 5.91 Å². The van der Waals surface area contributed by atoms with Crippen molar-refractivity contribution in [3.8, 4) is 5.75 Å². The topological polar surface area (TPSA) is 88.2 Å². The average molecular weight is 304 g/mol. The summed E-state index contributed by atoms with van der Waals surface area (Å²) >= 11 is 6.00. The lowest BCUT2D eigenvalue weighted by Crippen LogP contribution is -2.12. The van der Waals surface area contributed by atoms with E-state index in [0.29, 0.717) is 33.3 Å². The molecule has 0 heterocycles. The molecule has 0 aliphatic heterocycles. The molecule has 2 aromatic rings. The molecule has 0 fully saturated rings. The summed E-state index contributed by atoms with van der Waals surface area (Å²) in [4.78, 5) is 12.2. The van der Waals surface area contributed by atoms with Gasteiger partial charge < -0.3 is 21.2 Å². The number of hydrogen-bond donors (Lipinski definition) is 3. The molecular formula is C15H14ClN3O2. The van der Waals surface area contributed by atoms with Gasteiger partial charge in [0.25, 0.3) is 5.91 Å². The van der Waals surface area contributed by atoms with E-state index in [2.05, 4.69) is 5.32 Å². The number of rotatable bonds is 4. The second kappa shape index (κ2) is 6.28. The number of anilines is 2. The Bertz CT molecular complexity index is 701. The van der Waals surface area contributed by atoms with Crippen LogP contribution in [0.4, 0.5) is 11.4 Å². The van der Waals surface area contributed by atoms with Gasteiger partial charge in [0, 0.05) is 28.7 Å². The average Bonchev–Trinajstić information content (AvgIpc) is 2.48. The molecule has 0 aliphatic carbocycles. The van der Waals surface area contributed by atoms with Gasteiger partial charge in [-0.05, 0) is 36.4 Å². The van der Waals surface area contributed by atoms with Crippen LogP contribution in [0.5, 0.6) is 5.75 Å². The van der Waals surface area contributed by atoms with Gasteiger partial charge in [-0.2, -0.15) is 0 Å². The summed E-state index contributed by atoms with van der Waals surface area (Å²) in [6.07, 6.45) is 1.11. The number of halogens is 1. The molecule has 0 bridgehead atoms.